The molecule has 1 heterocycles. The molecular weight excluding hydrogens is 297 g/mol. The van der Waals surface area contributed by atoms with Crippen LogP contribution in [-0.4, -0.2) is 61.4 Å². The van der Waals surface area contributed by atoms with Crippen LogP contribution in [0.1, 0.15) is 10.4 Å². The molecule has 1 saturated heterocycles. The highest BCUT2D eigenvalue weighted by Gasteiger charge is 2.24. The molecule has 5 nitrogen and oxygen atoms in total. The van der Waals surface area contributed by atoms with Crippen molar-refractivity contribution in [2.24, 2.45) is 0 Å². The van der Waals surface area contributed by atoms with E-state index in [0.29, 0.717) is 38.3 Å². The van der Waals surface area contributed by atoms with E-state index in [1.54, 1.807) is 11.9 Å². The molecule has 0 spiro atoms. The van der Waals surface area contributed by atoms with Crippen LogP contribution in [0.5, 0.6) is 0 Å². The van der Waals surface area contributed by atoms with Crippen LogP contribution in [0.4, 0.5) is 4.39 Å². The van der Waals surface area contributed by atoms with Crippen LogP contribution in [0.25, 0.3) is 0 Å². The Labute approximate surface area is 127 Å². The van der Waals surface area contributed by atoms with Gasteiger partial charge in [-0.1, -0.05) is 11.6 Å². The van der Waals surface area contributed by atoms with Crippen LogP contribution in [0.2, 0.25) is 5.02 Å². The number of hydrogen-bond acceptors (Lipinski definition) is 3. The van der Waals surface area contributed by atoms with Crippen LogP contribution in [0.3, 0.4) is 0 Å². The molecule has 21 heavy (non-hydrogen) atoms. The van der Waals surface area contributed by atoms with E-state index in [-0.39, 0.29) is 16.8 Å². The second kappa shape index (κ2) is 6.87. The fourth-order valence-corrected chi connectivity index (χ4v) is 2.47. The summed E-state index contributed by atoms with van der Waals surface area (Å²) in [6.07, 6.45) is 0. The lowest BCUT2D eigenvalue weighted by Crippen LogP contribution is -2.50. The third kappa shape index (κ3) is 3.92. The number of rotatable bonds is 3. The number of benzene rings is 1. The van der Waals surface area contributed by atoms with Crippen molar-refractivity contribution in [1.29, 1.82) is 0 Å². The van der Waals surface area contributed by atoms with Crippen molar-refractivity contribution in [1.82, 2.24) is 15.1 Å². The zero-order valence-electron chi connectivity index (χ0n) is 11.7. The summed E-state index contributed by atoms with van der Waals surface area (Å²) in [5.74, 6) is -0.720. The van der Waals surface area contributed by atoms with Crippen molar-refractivity contribution in [3.63, 3.8) is 0 Å². The smallest absolute Gasteiger partial charge is 0.255 e. The third-order valence-electron chi connectivity index (χ3n) is 3.47. The lowest BCUT2D eigenvalue weighted by atomic mass is 10.1. The van der Waals surface area contributed by atoms with E-state index in [9.17, 15) is 14.0 Å². The third-order valence-corrected chi connectivity index (χ3v) is 3.78. The Morgan fingerprint density at radius 1 is 1.29 bits per heavy atom. The van der Waals surface area contributed by atoms with E-state index in [4.69, 9.17) is 11.6 Å². The molecule has 1 N–H and O–H groups in total. The predicted molar refractivity (Wildman–Crippen MR) is 77.8 cm³/mol. The largest absolute Gasteiger partial charge is 0.358 e. The van der Waals surface area contributed by atoms with E-state index < -0.39 is 5.82 Å². The fraction of sp³-hybridized carbons (Fsp3) is 0.429. The average Bonchev–Trinajstić information content (AvgIpc) is 2.47. The predicted octanol–water partition coefficient (Wildman–Crippen LogP) is 0.983. The van der Waals surface area contributed by atoms with Gasteiger partial charge in [-0.15, -0.1) is 0 Å². The van der Waals surface area contributed by atoms with Crippen molar-refractivity contribution < 1.29 is 14.0 Å². The molecule has 1 aromatic rings. The SMILES string of the molecule is CNC(=O)CN1CCN(C(=O)c2ccc(F)cc2Cl)CC1. The maximum absolute atomic E-state index is 13.0. The minimum Gasteiger partial charge on any atom is -0.358 e. The zero-order chi connectivity index (χ0) is 15.4. The van der Waals surface area contributed by atoms with Crippen LogP contribution < -0.4 is 5.32 Å². The topological polar surface area (TPSA) is 52.7 Å². The molecular formula is C14H17ClFN3O2. The number of likely N-dealkylation sites (N-methyl/N-ethyl adjacent to an activating group) is 1. The van der Waals surface area contributed by atoms with Crippen LogP contribution in [0, 0.1) is 5.82 Å². The molecule has 114 valence electrons. The number of carbonyl (C=O) groups is 2. The van der Waals surface area contributed by atoms with Gasteiger partial charge in [-0.2, -0.15) is 0 Å². The van der Waals surface area contributed by atoms with Gasteiger partial charge in [-0.3, -0.25) is 14.5 Å². The minimum absolute atomic E-state index is 0.0450. The lowest BCUT2D eigenvalue weighted by Gasteiger charge is -2.34. The highest BCUT2D eigenvalue weighted by molar-refractivity contribution is 6.33. The highest BCUT2D eigenvalue weighted by atomic mass is 35.5. The molecule has 0 aromatic heterocycles. The Morgan fingerprint density at radius 2 is 1.95 bits per heavy atom. The van der Waals surface area contributed by atoms with Crippen molar-refractivity contribution in [2.75, 3.05) is 39.8 Å². The zero-order valence-corrected chi connectivity index (χ0v) is 12.5. The maximum atomic E-state index is 13.0. The van der Waals surface area contributed by atoms with Gasteiger partial charge in [0.25, 0.3) is 5.91 Å². The summed E-state index contributed by atoms with van der Waals surface area (Å²) in [5, 5.41) is 2.69. The van der Waals surface area contributed by atoms with Gasteiger partial charge in [-0.25, -0.2) is 4.39 Å². The van der Waals surface area contributed by atoms with Gasteiger partial charge < -0.3 is 10.2 Å². The molecule has 1 aliphatic rings. The number of amides is 2. The van der Waals surface area contributed by atoms with Gasteiger partial charge in [0.05, 0.1) is 17.1 Å². The van der Waals surface area contributed by atoms with Crippen LogP contribution in [-0.2, 0) is 4.79 Å². The van der Waals surface area contributed by atoms with Gasteiger partial charge in [0.15, 0.2) is 0 Å². The summed E-state index contributed by atoms with van der Waals surface area (Å²) in [6, 6.07) is 3.76. The van der Waals surface area contributed by atoms with Crippen LogP contribution >= 0.6 is 11.6 Å². The van der Waals surface area contributed by atoms with E-state index in [2.05, 4.69) is 5.32 Å². The van der Waals surface area contributed by atoms with Crippen molar-refractivity contribution >= 4 is 23.4 Å². The lowest BCUT2D eigenvalue weighted by molar-refractivity contribution is -0.122. The minimum atomic E-state index is -0.466. The maximum Gasteiger partial charge on any atom is 0.255 e. The number of carbonyl (C=O) groups excluding carboxylic acids is 2. The fourth-order valence-electron chi connectivity index (χ4n) is 2.22. The number of nitrogens with one attached hydrogen (secondary N) is 1. The highest BCUT2D eigenvalue weighted by Crippen LogP contribution is 2.19. The molecule has 1 fully saturated rings. The molecule has 2 rings (SSSR count). The van der Waals surface area contributed by atoms with Crippen molar-refractivity contribution in [2.45, 2.75) is 0 Å². The van der Waals surface area contributed by atoms with Crippen LogP contribution in [0.15, 0.2) is 18.2 Å². The van der Waals surface area contributed by atoms with Gasteiger partial charge in [-0.05, 0) is 18.2 Å². The standard InChI is InChI=1S/C14H17ClFN3O2/c1-17-13(20)9-18-4-6-19(7-5-18)14(21)11-3-2-10(16)8-12(11)15/h2-3,8H,4-7,9H2,1H3,(H,17,20). The van der Waals surface area contributed by atoms with E-state index in [1.807, 2.05) is 4.90 Å². The normalized spacial score (nSPS) is 15.9. The summed E-state index contributed by atoms with van der Waals surface area (Å²) in [6.45, 7) is 2.61. The Kier molecular flexibility index (Phi) is 5.14. The molecule has 0 unspecified atom stereocenters. The number of halogens is 2. The summed E-state index contributed by atoms with van der Waals surface area (Å²) >= 11 is 5.91. The van der Waals surface area contributed by atoms with Gasteiger partial charge in [0, 0.05) is 33.2 Å². The number of nitrogens with zero attached hydrogens (tertiary/aromatic N) is 2. The Bertz CT molecular complexity index is 545. The molecule has 0 saturated carbocycles. The Balaban J connectivity index is 1.95. The monoisotopic (exact) mass is 313 g/mol. The first kappa shape index (κ1) is 15.7. The molecule has 0 aliphatic carbocycles. The van der Waals surface area contributed by atoms with Crippen molar-refractivity contribution in [3.05, 3.63) is 34.6 Å². The summed E-state index contributed by atoms with van der Waals surface area (Å²) in [4.78, 5) is 27.3. The first-order valence-electron chi connectivity index (χ1n) is 6.68. The molecule has 7 heteroatoms. The van der Waals surface area contributed by atoms with E-state index in [0.717, 1.165) is 6.07 Å². The van der Waals surface area contributed by atoms with E-state index in [1.165, 1.54) is 12.1 Å². The van der Waals surface area contributed by atoms with Crippen molar-refractivity contribution in [3.8, 4) is 0 Å². The first-order valence-corrected chi connectivity index (χ1v) is 7.06. The number of piperazine rings is 1. The number of hydrogen-bond donors (Lipinski definition) is 1. The summed E-state index contributed by atoms with van der Waals surface area (Å²) in [7, 11) is 1.60. The molecule has 2 amide bonds. The van der Waals surface area contributed by atoms with Gasteiger partial charge >= 0.3 is 0 Å². The molecule has 0 radical (unpaired) electrons. The van der Waals surface area contributed by atoms with Gasteiger partial charge in [0.2, 0.25) is 5.91 Å². The Morgan fingerprint density at radius 3 is 2.52 bits per heavy atom. The van der Waals surface area contributed by atoms with Gasteiger partial charge in [0.1, 0.15) is 5.82 Å². The first-order chi connectivity index (χ1) is 10.0. The quantitative estimate of drug-likeness (QED) is 0.905. The molecule has 0 atom stereocenters. The second-order valence-electron chi connectivity index (χ2n) is 4.87. The molecule has 1 aliphatic heterocycles. The Hall–Kier alpha value is -1.66. The second-order valence-corrected chi connectivity index (χ2v) is 5.27. The molecule has 1 aromatic carbocycles. The average molecular weight is 314 g/mol. The summed E-state index contributed by atoms with van der Waals surface area (Å²) < 4.78 is 13.0. The van der Waals surface area contributed by atoms with E-state index >= 15 is 0 Å². The summed E-state index contributed by atoms with van der Waals surface area (Å²) in [5.41, 5.74) is 0.304. The molecule has 0 bridgehead atoms.